The van der Waals surface area contributed by atoms with Gasteiger partial charge in [-0.3, -0.25) is 20.3 Å². The molecule has 0 saturated carbocycles. The number of benzene rings is 2. The van der Waals surface area contributed by atoms with Gasteiger partial charge in [-0.2, -0.15) is 0 Å². The van der Waals surface area contributed by atoms with Crippen LogP contribution in [0.25, 0.3) is 0 Å². The molecule has 8 nitrogen and oxygen atoms in total. The maximum Gasteiger partial charge on any atom is 0.269 e. The van der Waals surface area contributed by atoms with Crippen LogP contribution in [0.2, 0.25) is 0 Å². The minimum atomic E-state index is -0.948. The quantitative estimate of drug-likeness (QED) is 0.306. The SMILES string of the molecule is CO[C@H](C(=O)NCc1ccc(C(=N)N)cc1)c1cccc([N+](=O)[O-])c1. The van der Waals surface area contributed by atoms with Crippen molar-refractivity contribution in [1.82, 2.24) is 5.32 Å². The average Bonchev–Trinajstić information content (AvgIpc) is 2.61. The Labute approximate surface area is 144 Å². The molecule has 0 bridgehead atoms. The predicted octanol–water partition coefficient (Wildman–Crippen LogP) is 1.88. The van der Waals surface area contributed by atoms with Crippen LogP contribution < -0.4 is 11.1 Å². The monoisotopic (exact) mass is 342 g/mol. The van der Waals surface area contributed by atoms with E-state index in [2.05, 4.69) is 5.32 Å². The van der Waals surface area contributed by atoms with Crippen LogP contribution in [-0.4, -0.2) is 23.8 Å². The van der Waals surface area contributed by atoms with Crippen molar-refractivity contribution < 1.29 is 14.5 Å². The zero-order valence-corrected chi connectivity index (χ0v) is 13.6. The number of ether oxygens (including phenoxy) is 1. The average molecular weight is 342 g/mol. The van der Waals surface area contributed by atoms with Crippen molar-refractivity contribution in [2.45, 2.75) is 12.6 Å². The maximum atomic E-state index is 12.3. The van der Waals surface area contributed by atoms with Gasteiger partial charge in [0.2, 0.25) is 0 Å². The highest BCUT2D eigenvalue weighted by atomic mass is 16.6. The predicted molar refractivity (Wildman–Crippen MR) is 92.2 cm³/mol. The number of methoxy groups -OCH3 is 1. The molecular weight excluding hydrogens is 324 g/mol. The lowest BCUT2D eigenvalue weighted by molar-refractivity contribution is -0.385. The maximum absolute atomic E-state index is 12.3. The standard InChI is InChI=1S/C17H18N4O4/c1-25-15(13-3-2-4-14(9-13)21(23)24)17(22)20-10-11-5-7-12(8-6-11)16(18)19/h2-9,15H,10H2,1H3,(H3,18,19)(H,20,22)/t15-/m0/s1. The molecule has 0 radical (unpaired) electrons. The number of rotatable bonds is 7. The van der Waals surface area contributed by atoms with Crippen LogP contribution in [0.5, 0.6) is 0 Å². The third-order valence-electron chi connectivity index (χ3n) is 3.59. The number of hydrogen-bond acceptors (Lipinski definition) is 5. The summed E-state index contributed by atoms with van der Waals surface area (Å²) in [6.07, 6.45) is -0.948. The van der Waals surface area contributed by atoms with Crippen molar-refractivity contribution in [3.8, 4) is 0 Å². The number of carbonyl (C=O) groups excluding carboxylic acids is 1. The van der Waals surface area contributed by atoms with E-state index in [1.165, 1.54) is 25.3 Å². The lowest BCUT2D eigenvalue weighted by Gasteiger charge is -2.15. The Bertz CT molecular complexity index is 789. The second-order valence-corrected chi connectivity index (χ2v) is 5.30. The number of nitro groups is 1. The molecule has 1 amide bonds. The van der Waals surface area contributed by atoms with E-state index in [9.17, 15) is 14.9 Å². The molecule has 0 aliphatic rings. The van der Waals surface area contributed by atoms with Gasteiger partial charge in [-0.25, -0.2) is 0 Å². The summed E-state index contributed by atoms with van der Waals surface area (Å²) >= 11 is 0. The van der Waals surface area contributed by atoms with E-state index < -0.39 is 16.9 Å². The van der Waals surface area contributed by atoms with Gasteiger partial charge in [0.1, 0.15) is 5.84 Å². The summed E-state index contributed by atoms with van der Waals surface area (Å²) in [7, 11) is 1.37. The molecule has 0 aromatic heterocycles. The Hall–Kier alpha value is -3.26. The number of nitrogen functional groups attached to an aromatic ring is 1. The number of nitrogens with zero attached hydrogens (tertiary/aromatic N) is 1. The Kier molecular flexibility index (Phi) is 5.80. The van der Waals surface area contributed by atoms with Gasteiger partial charge in [0.25, 0.3) is 11.6 Å². The van der Waals surface area contributed by atoms with Crippen LogP contribution in [0, 0.1) is 15.5 Å². The summed E-state index contributed by atoms with van der Waals surface area (Å²) in [5.74, 6) is -0.431. The second kappa shape index (κ2) is 8.02. The molecule has 130 valence electrons. The zero-order valence-electron chi connectivity index (χ0n) is 13.6. The number of hydrogen-bond donors (Lipinski definition) is 3. The highest BCUT2D eigenvalue weighted by Crippen LogP contribution is 2.22. The van der Waals surface area contributed by atoms with E-state index in [0.717, 1.165) is 5.56 Å². The summed E-state index contributed by atoms with van der Waals surface area (Å²) in [5, 5.41) is 20.9. The molecule has 2 aromatic carbocycles. The first-order valence-corrected chi connectivity index (χ1v) is 7.40. The van der Waals surface area contributed by atoms with Crippen LogP contribution in [0.3, 0.4) is 0 Å². The van der Waals surface area contributed by atoms with Crippen molar-refractivity contribution in [2.24, 2.45) is 5.73 Å². The van der Waals surface area contributed by atoms with Crippen molar-refractivity contribution in [3.63, 3.8) is 0 Å². The van der Waals surface area contributed by atoms with E-state index in [1.54, 1.807) is 30.3 Å². The fourth-order valence-corrected chi connectivity index (χ4v) is 2.28. The van der Waals surface area contributed by atoms with E-state index in [4.69, 9.17) is 15.9 Å². The molecular formula is C17H18N4O4. The van der Waals surface area contributed by atoms with Crippen LogP contribution in [0.1, 0.15) is 22.8 Å². The van der Waals surface area contributed by atoms with Crippen LogP contribution in [0.15, 0.2) is 48.5 Å². The molecule has 0 aliphatic carbocycles. The molecule has 0 saturated heterocycles. The first-order chi connectivity index (χ1) is 11.9. The third-order valence-corrected chi connectivity index (χ3v) is 3.59. The summed E-state index contributed by atoms with van der Waals surface area (Å²) in [6, 6.07) is 12.7. The summed E-state index contributed by atoms with van der Waals surface area (Å²) in [4.78, 5) is 22.7. The Balaban J connectivity index is 2.06. The van der Waals surface area contributed by atoms with Gasteiger partial charge in [0.05, 0.1) is 4.92 Å². The van der Waals surface area contributed by atoms with E-state index in [0.29, 0.717) is 11.1 Å². The number of amides is 1. The van der Waals surface area contributed by atoms with Gasteiger partial charge in [-0.15, -0.1) is 0 Å². The molecule has 2 aromatic rings. The Morgan fingerprint density at radius 2 is 2.00 bits per heavy atom. The first-order valence-electron chi connectivity index (χ1n) is 7.40. The minimum absolute atomic E-state index is 0.0271. The van der Waals surface area contributed by atoms with E-state index >= 15 is 0 Å². The smallest absolute Gasteiger partial charge is 0.269 e. The minimum Gasteiger partial charge on any atom is -0.384 e. The van der Waals surface area contributed by atoms with Gasteiger partial charge in [0, 0.05) is 31.4 Å². The van der Waals surface area contributed by atoms with E-state index in [-0.39, 0.29) is 18.1 Å². The molecule has 0 unspecified atom stereocenters. The van der Waals surface area contributed by atoms with E-state index in [1.807, 2.05) is 0 Å². The zero-order chi connectivity index (χ0) is 18.4. The van der Waals surface area contributed by atoms with Gasteiger partial charge in [-0.1, -0.05) is 36.4 Å². The topological polar surface area (TPSA) is 131 Å². The molecule has 1 atom stereocenters. The molecule has 0 aliphatic heterocycles. The summed E-state index contributed by atoms with van der Waals surface area (Å²) in [6.45, 7) is 0.256. The van der Waals surface area contributed by atoms with Crippen molar-refractivity contribution in [1.29, 1.82) is 5.41 Å². The number of nitrogens with one attached hydrogen (secondary N) is 2. The molecule has 8 heteroatoms. The molecule has 2 rings (SSSR count). The largest absolute Gasteiger partial charge is 0.384 e. The highest BCUT2D eigenvalue weighted by molar-refractivity contribution is 5.94. The number of nitro benzene ring substituents is 1. The van der Waals surface area contributed by atoms with Crippen LogP contribution in [0.4, 0.5) is 5.69 Å². The van der Waals surface area contributed by atoms with Crippen LogP contribution >= 0.6 is 0 Å². The van der Waals surface area contributed by atoms with Crippen molar-refractivity contribution >= 4 is 17.4 Å². The number of nitrogens with two attached hydrogens (primary N) is 1. The van der Waals surface area contributed by atoms with Gasteiger partial charge < -0.3 is 15.8 Å². The molecule has 0 spiro atoms. The normalized spacial score (nSPS) is 11.6. The van der Waals surface area contributed by atoms with Crippen molar-refractivity contribution in [3.05, 3.63) is 75.3 Å². The summed E-state index contributed by atoms with van der Waals surface area (Å²) in [5.41, 5.74) is 7.11. The Morgan fingerprint density at radius 3 is 2.56 bits per heavy atom. The lowest BCUT2D eigenvalue weighted by atomic mass is 10.1. The number of amidine groups is 1. The van der Waals surface area contributed by atoms with Crippen molar-refractivity contribution in [2.75, 3.05) is 7.11 Å². The number of carbonyl (C=O) groups is 1. The highest BCUT2D eigenvalue weighted by Gasteiger charge is 2.21. The van der Waals surface area contributed by atoms with Gasteiger partial charge >= 0.3 is 0 Å². The lowest BCUT2D eigenvalue weighted by Crippen LogP contribution is -2.30. The number of non-ortho nitro benzene ring substituents is 1. The molecule has 25 heavy (non-hydrogen) atoms. The van der Waals surface area contributed by atoms with Gasteiger partial charge in [-0.05, 0) is 11.1 Å². The fraction of sp³-hybridized carbons (Fsp3) is 0.176. The molecule has 4 N–H and O–H groups in total. The van der Waals surface area contributed by atoms with Crippen LogP contribution in [-0.2, 0) is 16.1 Å². The fourth-order valence-electron chi connectivity index (χ4n) is 2.28. The summed E-state index contributed by atoms with van der Waals surface area (Å²) < 4.78 is 5.19. The first kappa shape index (κ1) is 18.1. The van der Waals surface area contributed by atoms with Gasteiger partial charge in [0.15, 0.2) is 6.10 Å². The second-order valence-electron chi connectivity index (χ2n) is 5.30. The Morgan fingerprint density at radius 1 is 1.32 bits per heavy atom. The molecule has 0 fully saturated rings. The molecule has 0 heterocycles. The third kappa shape index (κ3) is 4.61.